The van der Waals surface area contributed by atoms with Gasteiger partial charge in [0, 0.05) is 32.3 Å². The maximum absolute atomic E-state index is 13.7. The molecule has 1 atom stereocenters. The Morgan fingerprint density at radius 1 is 1.24 bits per heavy atom. The van der Waals surface area contributed by atoms with E-state index in [4.69, 9.17) is 4.74 Å². The molecule has 0 saturated heterocycles. The first-order valence-corrected chi connectivity index (χ1v) is 8.57. The number of amides is 1. The molecule has 10 heteroatoms. The van der Waals surface area contributed by atoms with Crippen LogP contribution < -0.4 is 5.32 Å². The number of carbonyl (C=O) groups excluding carboxylic acids is 1. The third-order valence-electron chi connectivity index (χ3n) is 4.20. The van der Waals surface area contributed by atoms with Gasteiger partial charge in [0.1, 0.15) is 5.69 Å². The summed E-state index contributed by atoms with van der Waals surface area (Å²) in [5.41, 5.74) is -0.602. The van der Waals surface area contributed by atoms with Crippen molar-refractivity contribution in [3.05, 3.63) is 69.8 Å². The zero-order chi connectivity index (χ0) is 21.6. The van der Waals surface area contributed by atoms with Gasteiger partial charge in [-0.15, -0.1) is 0 Å². The Labute approximate surface area is 165 Å². The molecule has 1 unspecified atom stereocenters. The first-order chi connectivity index (χ1) is 13.7. The summed E-state index contributed by atoms with van der Waals surface area (Å²) in [5.74, 6) is -0.984. The fourth-order valence-electron chi connectivity index (χ4n) is 2.84. The average molecular weight is 411 g/mol. The van der Waals surface area contributed by atoms with Crippen LogP contribution in [0.1, 0.15) is 22.0 Å². The van der Waals surface area contributed by atoms with Crippen LogP contribution in [-0.2, 0) is 4.74 Å². The Morgan fingerprint density at radius 3 is 2.45 bits per heavy atom. The van der Waals surface area contributed by atoms with E-state index in [2.05, 4.69) is 5.32 Å². The SMILES string of the molecule is COCCNc1ccc(C(=O)N(C)C(c2ccccc2)C(F)(F)F)cc1[N+](=O)[O-]. The minimum atomic E-state index is -4.72. The largest absolute Gasteiger partial charge is 0.413 e. The Kier molecular flexibility index (Phi) is 7.16. The summed E-state index contributed by atoms with van der Waals surface area (Å²) in [6.45, 7) is 0.583. The molecule has 2 aromatic rings. The highest BCUT2D eigenvalue weighted by Crippen LogP contribution is 2.38. The first-order valence-electron chi connectivity index (χ1n) is 8.57. The second-order valence-electron chi connectivity index (χ2n) is 6.18. The van der Waals surface area contributed by atoms with Crippen LogP contribution in [0.3, 0.4) is 0 Å². The van der Waals surface area contributed by atoms with Crippen molar-refractivity contribution >= 4 is 17.3 Å². The van der Waals surface area contributed by atoms with Crippen molar-refractivity contribution in [2.75, 3.05) is 32.6 Å². The molecular weight excluding hydrogens is 391 g/mol. The summed E-state index contributed by atoms with van der Waals surface area (Å²) < 4.78 is 45.8. The van der Waals surface area contributed by atoms with Crippen molar-refractivity contribution in [3.8, 4) is 0 Å². The molecule has 7 nitrogen and oxygen atoms in total. The van der Waals surface area contributed by atoms with Gasteiger partial charge in [0.2, 0.25) is 0 Å². The molecule has 156 valence electrons. The van der Waals surface area contributed by atoms with Crippen LogP contribution in [-0.4, -0.2) is 49.2 Å². The van der Waals surface area contributed by atoms with Crippen molar-refractivity contribution in [1.82, 2.24) is 4.90 Å². The number of rotatable bonds is 8. The Hall–Kier alpha value is -3.14. The van der Waals surface area contributed by atoms with E-state index >= 15 is 0 Å². The topological polar surface area (TPSA) is 84.7 Å². The number of nitrogens with one attached hydrogen (secondary N) is 1. The number of nitro groups is 1. The molecule has 2 aromatic carbocycles. The van der Waals surface area contributed by atoms with Gasteiger partial charge in [-0.2, -0.15) is 13.2 Å². The summed E-state index contributed by atoms with van der Waals surface area (Å²) in [7, 11) is 2.49. The van der Waals surface area contributed by atoms with Crippen LogP contribution in [0.5, 0.6) is 0 Å². The number of benzene rings is 2. The van der Waals surface area contributed by atoms with Gasteiger partial charge in [-0.1, -0.05) is 30.3 Å². The van der Waals surface area contributed by atoms with E-state index in [1.165, 1.54) is 43.5 Å². The van der Waals surface area contributed by atoms with E-state index in [0.29, 0.717) is 11.5 Å². The summed E-state index contributed by atoms with van der Waals surface area (Å²) in [5, 5.41) is 14.1. The minimum absolute atomic E-state index is 0.108. The summed E-state index contributed by atoms with van der Waals surface area (Å²) in [4.78, 5) is 23.9. The van der Waals surface area contributed by atoms with Crippen molar-refractivity contribution in [2.45, 2.75) is 12.2 Å². The van der Waals surface area contributed by atoms with E-state index < -0.39 is 28.7 Å². The number of anilines is 1. The molecule has 0 saturated carbocycles. The third-order valence-corrected chi connectivity index (χ3v) is 4.20. The lowest BCUT2D eigenvalue weighted by Crippen LogP contribution is -2.39. The second kappa shape index (κ2) is 9.37. The van der Waals surface area contributed by atoms with Gasteiger partial charge < -0.3 is 15.0 Å². The molecule has 0 aliphatic rings. The molecule has 0 aromatic heterocycles. The first kappa shape index (κ1) is 22.2. The molecule has 0 radical (unpaired) electrons. The maximum atomic E-state index is 13.7. The van der Waals surface area contributed by atoms with Crippen LogP contribution in [0, 0.1) is 10.1 Å². The number of halogens is 3. The third kappa shape index (κ3) is 5.44. The number of nitro benzene ring substituents is 1. The molecule has 0 heterocycles. The van der Waals surface area contributed by atoms with Gasteiger partial charge in [0.25, 0.3) is 11.6 Å². The van der Waals surface area contributed by atoms with Crippen LogP contribution in [0.15, 0.2) is 48.5 Å². The van der Waals surface area contributed by atoms with Gasteiger partial charge in [0.05, 0.1) is 11.5 Å². The molecule has 0 fully saturated rings. The van der Waals surface area contributed by atoms with Gasteiger partial charge in [-0.05, 0) is 17.7 Å². The van der Waals surface area contributed by atoms with Gasteiger partial charge in [0.15, 0.2) is 6.04 Å². The lowest BCUT2D eigenvalue weighted by molar-refractivity contribution is -0.384. The number of hydrogen-bond acceptors (Lipinski definition) is 5. The fourth-order valence-corrected chi connectivity index (χ4v) is 2.84. The van der Waals surface area contributed by atoms with Crippen molar-refractivity contribution in [2.24, 2.45) is 0 Å². The number of nitrogens with zero attached hydrogens (tertiary/aromatic N) is 2. The Balaban J connectivity index is 2.36. The molecule has 1 amide bonds. The zero-order valence-electron chi connectivity index (χ0n) is 15.8. The van der Waals surface area contributed by atoms with Gasteiger partial charge >= 0.3 is 6.18 Å². The van der Waals surface area contributed by atoms with Gasteiger partial charge in [-0.3, -0.25) is 14.9 Å². The standard InChI is InChI=1S/C19H20F3N3O4/c1-24(17(19(20,21)22)13-6-4-3-5-7-13)18(26)14-8-9-15(23-10-11-29-2)16(12-14)25(27)28/h3-9,12,17,23H,10-11H2,1-2H3. The summed E-state index contributed by atoms with van der Waals surface area (Å²) in [6, 6.07) is 8.31. The molecule has 29 heavy (non-hydrogen) atoms. The predicted octanol–water partition coefficient (Wildman–Crippen LogP) is 4.03. The minimum Gasteiger partial charge on any atom is -0.383 e. The van der Waals surface area contributed by atoms with Crippen LogP contribution in [0.4, 0.5) is 24.5 Å². The Bertz CT molecular complexity index is 860. The molecule has 0 aliphatic heterocycles. The average Bonchev–Trinajstić information content (AvgIpc) is 2.67. The second-order valence-corrected chi connectivity index (χ2v) is 6.18. The van der Waals surface area contributed by atoms with Gasteiger partial charge in [-0.25, -0.2) is 0 Å². The van der Waals surface area contributed by atoms with E-state index in [1.807, 2.05) is 0 Å². The van der Waals surface area contributed by atoms with Crippen molar-refractivity contribution in [3.63, 3.8) is 0 Å². The normalized spacial score (nSPS) is 12.3. The van der Waals surface area contributed by atoms with E-state index in [0.717, 1.165) is 13.1 Å². The maximum Gasteiger partial charge on any atom is 0.413 e. The number of ether oxygens (including phenoxy) is 1. The number of carbonyl (C=O) groups is 1. The van der Waals surface area contributed by atoms with E-state index in [1.54, 1.807) is 6.07 Å². The highest BCUT2D eigenvalue weighted by Gasteiger charge is 2.45. The Morgan fingerprint density at radius 2 is 1.90 bits per heavy atom. The van der Waals surface area contributed by atoms with Crippen LogP contribution in [0.2, 0.25) is 0 Å². The summed E-state index contributed by atoms with van der Waals surface area (Å²) >= 11 is 0. The van der Waals surface area contributed by atoms with Crippen molar-refractivity contribution in [1.29, 1.82) is 0 Å². The molecular formula is C19H20F3N3O4. The molecule has 1 N–H and O–H groups in total. The molecule has 0 aliphatic carbocycles. The fraction of sp³-hybridized carbons (Fsp3) is 0.316. The molecule has 2 rings (SSSR count). The van der Waals surface area contributed by atoms with E-state index in [9.17, 15) is 28.1 Å². The zero-order valence-corrected chi connectivity index (χ0v) is 15.8. The highest BCUT2D eigenvalue weighted by atomic mass is 19.4. The van der Waals surface area contributed by atoms with Crippen LogP contribution in [0.25, 0.3) is 0 Å². The van der Waals surface area contributed by atoms with Crippen molar-refractivity contribution < 1.29 is 27.6 Å². The van der Waals surface area contributed by atoms with E-state index in [-0.39, 0.29) is 23.4 Å². The predicted molar refractivity (Wildman–Crippen MR) is 101 cm³/mol. The highest BCUT2D eigenvalue weighted by molar-refractivity contribution is 5.96. The monoisotopic (exact) mass is 411 g/mol. The molecule has 0 bridgehead atoms. The number of alkyl halides is 3. The molecule has 0 spiro atoms. The lowest BCUT2D eigenvalue weighted by Gasteiger charge is -2.30. The lowest BCUT2D eigenvalue weighted by atomic mass is 10.0. The van der Waals surface area contributed by atoms with Crippen LogP contribution >= 0.6 is 0 Å². The smallest absolute Gasteiger partial charge is 0.383 e. The number of methoxy groups -OCH3 is 1. The number of hydrogen-bond donors (Lipinski definition) is 1. The summed E-state index contributed by atoms with van der Waals surface area (Å²) in [6.07, 6.45) is -4.72. The quantitative estimate of drug-likeness (QED) is 0.403.